The Balaban J connectivity index is 1.77. The van der Waals surface area contributed by atoms with E-state index in [1.165, 1.54) is 24.3 Å². The van der Waals surface area contributed by atoms with E-state index < -0.39 is 35.0 Å². The number of amides is 2. The van der Waals surface area contributed by atoms with E-state index in [-0.39, 0.29) is 17.2 Å². The number of benzene rings is 1. The van der Waals surface area contributed by atoms with Crippen LogP contribution in [-0.2, 0) is 0 Å². The number of hydrogen-bond donors (Lipinski definition) is 2. The maximum absolute atomic E-state index is 13.7. The largest absolute Gasteiger partial charge is 0.360 e. The quantitative estimate of drug-likeness (QED) is 0.681. The first-order chi connectivity index (χ1) is 12.8. The highest BCUT2D eigenvalue weighted by molar-refractivity contribution is 6.05. The van der Waals surface area contributed by atoms with Crippen molar-refractivity contribution in [2.75, 3.05) is 10.6 Å². The normalized spacial score (nSPS) is 10.5. The van der Waals surface area contributed by atoms with Crippen LogP contribution in [-0.4, -0.2) is 22.0 Å². The predicted molar refractivity (Wildman–Crippen MR) is 87.7 cm³/mol. The summed E-state index contributed by atoms with van der Waals surface area (Å²) in [5.41, 5.74) is -0.911. The Morgan fingerprint density at radius 3 is 2.26 bits per heavy atom. The van der Waals surface area contributed by atoms with Crippen LogP contribution in [0.5, 0.6) is 0 Å². The Hall–Kier alpha value is -3.69. The van der Waals surface area contributed by atoms with Gasteiger partial charge < -0.3 is 15.2 Å². The Morgan fingerprint density at radius 1 is 0.963 bits per heavy atom. The third kappa shape index (κ3) is 3.94. The van der Waals surface area contributed by atoms with Gasteiger partial charge in [-0.25, -0.2) is 18.2 Å². The van der Waals surface area contributed by atoms with Crippen molar-refractivity contribution >= 4 is 23.3 Å². The fourth-order valence-electron chi connectivity index (χ4n) is 2.10. The monoisotopic (exact) mass is 376 g/mol. The highest BCUT2D eigenvalue weighted by atomic mass is 19.2. The van der Waals surface area contributed by atoms with Gasteiger partial charge in [-0.05, 0) is 31.2 Å². The molecule has 0 saturated heterocycles. The van der Waals surface area contributed by atoms with Crippen molar-refractivity contribution in [2.45, 2.75) is 6.92 Å². The molecule has 138 valence electrons. The summed E-state index contributed by atoms with van der Waals surface area (Å²) in [6, 6.07) is 7.02. The highest BCUT2D eigenvalue weighted by Crippen LogP contribution is 2.20. The molecular formula is C17H11F3N4O3. The summed E-state index contributed by atoms with van der Waals surface area (Å²) in [6.07, 6.45) is 0. The van der Waals surface area contributed by atoms with Gasteiger partial charge in [0.2, 0.25) is 0 Å². The number of aryl methyl sites for hydroxylation is 1. The molecule has 2 heterocycles. The zero-order valence-corrected chi connectivity index (χ0v) is 13.7. The van der Waals surface area contributed by atoms with Gasteiger partial charge in [0, 0.05) is 6.07 Å². The van der Waals surface area contributed by atoms with Crippen LogP contribution in [0.15, 0.2) is 40.9 Å². The van der Waals surface area contributed by atoms with Gasteiger partial charge >= 0.3 is 0 Å². The van der Waals surface area contributed by atoms with E-state index in [2.05, 4.69) is 20.8 Å². The summed E-state index contributed by atoms with van der Waals surface area (Å²) < 4.78 is 44.7. The summed E-state index contributed by atoms with van der Waals surface area (Å²) in [5.74, 6) is -5.55. The van der Waals surface area contributed by atoms with Crippen molar-refractivity contribution in [3.63, 3.8) is 0 Å². The van der Waals surface area contributed by atoms with Crippen LogP contribution in [0.2, 0.25) is 0 Å². The Labute approximate surface area is 150 Å². The molecule has 2 amide bonds. The number of halogens is 3. The lowest BCUT2D eigenvalue weighted by molar-refractivity contribution is 0.101. The molecule has 0 aliphatic heterocycles. The third-order valence-corrected chi connectivity index (χ3v) is 3.37. The van der Waals surface area contributed by atoms with Crippen molar-refractivity contribution < 1.29 is 27.3 Å². The first-order valence-corrected chi connectivity index (χ1v) is 7.51. The SMILES string of the molecule is Cc1cc(NC(=O)c2cccc(C(=O)Nc3ccc(F)c(F)c3F)n2)no1. The van der Waals surface area contributed by atoms with Gasteiger partial charge in [0.1, 0.15) is 17.1 Å². The topological polar surface area (TPSA) is 97.1 Å². The fourth-order valence-corrected chi connectivity index (χ4v) is 2.10. The van der Waals surface area contributed by atoms with Crippen LogP contribution < -0.4 is 10.6 Å². The zero-order chi connectivity index (χ0) is 19.6. The third-order valence-electron chi connectivity index (χ3n) is 3.37. The molecule has 0 atom stereocenters. The van der Waals surface area contributed by atoms with Gasteiger partial charge in [0.05, 0.1) is 5.69 Å². The van der Waals surface area contributed by atoms with E-state index in [0.29, 0.717) is 11.8 Å². The number of carbonyl (C=O) groups is 2. The molecule has 0 saturated carbocycles. The molecule has 0 fully saturated rings. The summed E-state index contributed by atoms with van der Waals surface area (Å²) in [4.78, 5) is 28.2. The molecular weight excluding hydrogens is 365 g/mol. The average molecular weight is 376 g/mol. The van der Waals surface area contributed by atoms with Crippen molar-refractivity contribution in [1.29, 1.82) is 0 Å². The van der Waals surface area contributed by atoms with E-state index in [1.807, 2.05) is 0 Å². The van der Waals surface area contributed by atoms with Gasteiger partial charge in [-0.2, -0.15) is 0 Å². The predicted octanol–water partition coefficient (Wildman–Crippen LogP) is 3.30. The number of nitrogens with one attached hydrogen (secondary N) is 2. The van der Waals surface area contributed by atoms with Gasteiger partial charge in [-0.1, -0.05) is 11.2 Å². The molecule has 0 spiro atoms. The summed E-state index contributed by atoms with van der Waals surface area (Å²) >= 11 is 0. The lowest BCUT2D eigenvalue weighted by Gasteiger charge is -2.08. The first-order valence-electron chi connectivity index (χ1n) is 7.51. The molecule has 0 unspecified atom stereocenters. The van der Waals surface area contributed by atoms with Gasteiger partial charge in [-0.15, -0.1) is 0 Å². The Kier molecular flexibility index (Phi) is 4.88. The van der Waals surface area contributed by atoms with Crippen LogP contribution in [0, 0.1) is 24.4 Å². The van der Waals surface area contributed by atoms with Crippen molar-refractivity contribution in [1.82, 2.24) is 10.1 Å². The standard InChI is InChI=1S/C17H11F3N4O3/c1-8-7-13(24-27-8)23-17(26)12-4-2-3-11(21-12)16(25)22-10-6-5-9(18)14(19)15(10)20/h2-7H,1H3,(H,22,25)(H,23,24,26). The smallest absolute Gasteiger partial charge is 0.275 e. The lowest BCUT2D eigenvalue weighted by atomic mass is 10.2. The number of aromatic nitrogens is 2. The Bertz CT molecular complexity index is 1040. The number of anilines is 2. The van der Waals surface area contributed by atoms with Crippen molar-refractivity contribution in [3.8, 4) is 0 Å². The molecule has 1 aromatic carbocycles. The molecule has 27 heavy (non-hydrogen) atoms. The summed E-state index contributed by atoms with van der Waals surface area (Å²) in [6.45, 7) is 1.64. The summed E-state index contributed by atoms with van der Waals surface area (Å²) in [7, 11) is 0. The molecule has 0 bridgehead atoms. The van der Waals surface area contributed by atoms with E-state index >= 15 is 0 Å². The second kappa shape index (κ2) is 7.28. The van der Waals surface area contributed by atoms with E-state index in [9.17, 15) is 22.8 Å². The van der Waals surface area contributed by atoms with Crippen LogP contribution in [0.3, 0.4) is 0 Å². The number of hydrogen-bond acceptors (Lipinski definition) is 5. The molecule has 2 N–H and O–H groups in total. The number of rotatable bonds is 4. The highest BCUT2D eigenvalue weighted by Gasteiger charge is 2.18. The van der Waals surface area contributed by atoms with E-state index in [0.717, 1.165) is 6.07 Å². The van der Waals surface area contributed by atoms with Gasteiger partial charge in [0.25, 0.3) is 11.8 Å². The van der Waals surface area contributed by atoms with E-state index in [4.69, 9.17) is 4.52 Å². The molecule has 0 radical (unpaired) electrons. The fraction of sp³-hybridized carbons (Fsp3) is 0.0588. The maximum Gasteiger partial charge on any atom is 0.275 e. The molecule has 3 rings (SSSR count). The van der Waals surface area contributed by atoms with Gasteiger partial charge in [0.15, 0.2) is 23.3 Å². The van der Waals surface area contributed by atoms with Crippen molar-refractivity contribution in [2.24, 2.45) is 0 Å². The number of nitrogens with zero attached hydrogens (tertiary/aromatic N) is 2. The number of carbonyl (C=O) groups excluding carboxylic acids is 2. The lowest BCUT2D eigenvalue weighted by Crippen LogP contribution is -2.19. The Morgan fingerprint density at radius 2 is 1.63 bits per heavy atom. The molecule has 2 aromatic heterocycles. The molecule has 0 aliphatic rings. The zero-order valence-electron chi connectivity index (χ0n) is 13.7. The second-order valence-electron chi connectivity index (χ2n) is 5.36. The molecule has 3 aromatic rings. The number of pyridine rings is 1. The minimum Gasteiger partial charge on any atom is -0.360 e. The second-order valence-corrected chi connectivity index (χ2v) is 5.36. The van der Waals surface area contributed by atoms with E-state index in [1.54, 1.807) is 6.92 Å². The maximum atomic E-state index is 13.7. The molecule has 0 aliphatic carbocycles. The van der Waals surface area contributed by atoms with Crippen LogP contribution in [0.1, 0.15) is 26.7 Å². The van der Waals surface area contributed by atoms with Crippen LogP contribution in [0.25, 0.3) is 0 Å². The minimum atomic E-state index is -1.71. The van der Waals surface area contributed by atoms with Crippen LogP contribution >= 0.6 is 0 Å². The minimum absolute atomic E-state index is 0.117. The first kappa shape index (κ1) is 18.1. The summed E-state index contributed by atoms with van der Waals surface area (Å²) in [5, 5.41) is 8.10. The van der Waals surface area contributed by atoms with Gasteiger partial charge in [-0.3, -0.25) is 9.59 Å². The molecule has 10 heteroatoms. The molecule has 7 nitrogen and oxygen atoms in total. The average Bonchev–Trinajstić information content (AvgIpc) is 3.07. The van der Waals surface area contributed by atoms with Crippen molar-refractivity contribution in [3.05, 3.63) is 71.0 Å². The van der Waals surface area contributed by atoms with Crippen LogP contribution in [0.4, 0.5) is 24.7 Å².